The van der Waals surface area contributed by atoms with Crippen molar-refractivity contribution < 1.29 is 9.59 Å². The molecular formula is C7H12N2O2. The molecule has 62 valence electrons. The van der Waals surface area contributed by atoms with Crippen molar-refractivity contribution in [3.8, 4) is 0 Å². The number of Topliss-reactive ketones (excluding diaryl/α,β-unsaturated/α-hetero) is 1. The van der Waals surface area contributed by atoms with Gasteiger partial charge in [-0.1, -0.05) is 6.58 Å². The number of hydrogen-bond acceptors (Lipinski definition) is 3. The van der Waals surface area contributed by atoms with Crippen LogP contribution in [0.1, 0.15) is 6.92 Å². The molecule has 0 radical (unpaired) electrons. The van der Waals surface area contributed by atoms with Gasteiger partial charge in [0.2, 0.25) is 5.91 Å². The van der Waals surface area contributed by atoms with Crippen molar-refractivity contribution in [2.45, 2.75) is 6.92 Å². The molecule has 0 aliphatic heterocycles. The van der Waals surface area contributed by atoms with Crippen molar-refractivity contribution in [1.29, 1.82) is 0 Å². The zero-order valence-corrected chi connectivity index (χ0v) is 6.52. The molecule has 0 unspecified atom stereocenters. The number of carbonyl (C=O) groups excluding carboxylic acids is 2. The zero-order valence-electron chi connectivity index (χ0n) is 6.52. The fourth-order valence-corrected chi connectivity index (χ4v) is 0.402. The largest absolute Gasteiger partial charge is 0.348 e. The lowest BCUT2D eigenvalue weighted by atomic mass is 10.2. The summed E-state index contributed by atoms with van der Waals surface area (Å²) >= 11 is 0. The summed E-state index contributed by atoms with van der Waals surface area (Å²) in [5.74, 6) is -0.508. The summed E-state index contributed by atoms with van der Waals surface area (Å²) in [7, 11) is 0. The zero-order chi connectivity index (χ0) is 8.85. The van der Waals surface area contributed by atoms with Gasteiger partial charge in [-0.2, -0.15) is 0 Å². The standard InChI is InChI=1S/C7H12N2O2/c1-5(2)6(10)4-9-7(11)3-8/h1,3-4,8H2,2H3,(H,9,11). The van der Waals surface area contributed by atoms with Gasteiger partial charge in [0, 0.05) is 0 Å². The first-order valence-corrected chi connectivity index (χ1v) is 3.23. The van der Waals surface area contributed by atoms with Crippen molar-refractivity contribution in [2.24, 2.45) is 5.73 Å². The summed E-state index contributed by atoms with van der Waals surface area (Å²) in [6, 6.07) is 0. The van der Waals surface area contributed by atoms with Crippen molar-refractivity contribution in [2.75, 3.05) is 13.1 Å². The Morgan fingerprint density at radius 2 is 2.09 bits per heavy atom. The van der Waals surface area contributed by atoms with Crippen LogP contribution in [-0.4, -0.2) is 24.8 Å². The van der Waals surface area contributed by atoms with E-state index < -0.39 is 0 Å². The summed E-state index contributed by atoms with van der Waals surface area (Å²) < 4.78 is 0. The average molecular weight is 156 g/mol. The molecule has 0 aromatic heterocycles. The highest BCUT2D eigenvalue weighted by Gasteiger charge is 2.03. The van der Waals surface area contributed by atoms with Crippen LogP contribution in [0.5, 0.6) is 0 Å². The Labute approximate surface area is 65.5 Å². The van der Waals surface area contributed by atoms with E-state index in [0.717, 1.165) is 0 Å². The number of nitrogens with two attached hydrogens (primary N) is 1. The molecular weight excluding hydrogens is 144 g/mol. The molecule has 0 aliphatic carbocycles. The Morgan fingerprint density at radius 1 is 1.55 bits per heavy atom. The predicted molar refractivity (Wildman–Crippen MR) is 41.9 cm³/mol. The Balaban J connectivity index is 3.63. The Morgan fingerprint density at radius 3 is 2.45 bits per heavy atom. The maximum absolute atomic E-state index is 10.8. The monoisotopic (exact) mass is 156 g/mol. The highest BCUT2D eigenvalue weighted by molar-refractivity contribution is 5.97. The van der Waals surface area contributed by atoms with Crippen molar-refractivity contribution in [3.63, 3.8) is 0 Å². The highest BCUT2D eigenvalue weighted by atomic mass is 16.2. The van der Waals surface area contributed by atoms with E-state index in [-0.39, 0.29) is 24.8 Å². The van der Waals surface area contributed by atoms with Gasteiger partial charge in [0.15, 0.2) is 5.78 Å². The van der Waals surface area contributed by atoms with Gasteiger partial charge in [-0.15, -0.1) is 0 Å². The van der Waals surface area contributed by atoms with Gasteiger partial charge in [-0.25, -0.2) is 0 Å². The minimum atomic E-state index is -0.334. The van der Waals surface area contributed by atoms with E-state index in [0.29, 0.717) is 5.57 Å². The van der Waals surface area contributed by atoms with Crippen molar-refractivity contribution in [3.05, 3.63) is 12.2 Å². The third kappa shape index (κ3) is 4.27. The maximum Gasteiger partial charge on any atom is 0.234 e. The lowest BCUT2D eigenvalue weighted by Crippen LogP contribution is -2.34. The molecule has 0 spiro atoms. The SMILES string of the molecule is C=C(C)C(=O)CNC(=O)CN. The molecule has 0 saturated carbocycles. The molecule has 0 aromatic rings. The van der Waals surface area contributed by atoms with Crippen LogP contribution in [0.4, 0.5) is 0 Å². The van der Waals surface area contributed by atoms with E-state index in [1.54, 1.807) is 6.92 Å². The van der Waals surface area contributed by atoms with Gasteiger partial charge in [0.25, 0.3) is 0 Å². The third-order valence-electron chi connectivity index (χ3n) is 1.11. The summed E-state index contributed by atoms with van der Waals surface area (Å²) in [5.41, 5.74) is 5.42. The topological polar surface area (TPSA) is 72.2 Å². The van der Waals surface area contributed by atoms with Crippen LogP contribution >= 0.6 is 0 Å². The fourth-order valence-electron chi connectivity index (χ4n) is 0.402. The lowest BCUT2D eigenvalue weighted by Gasteiger charge is -2.00. The second-order valence-corrected chi connectivity index (χ2v) is 2.18. The van der Waals surface area contributed by atoms with E-state index in [9.17, 15) is 9.59 Å². The minimum Gasteiger partial charge on any atom is -0.348 e. The van der Waals surface area contributed by atoms with E-state index in [1.165, 1.54) is 0 Å². The van der Waals surface area contributed by atoms with E-state index in [4.69, 9.17) is 5.73 Å². The van der Waals surface area contributed by atoms with Gasteiger partial charge >= 0.3 is 0 Å². The van der Waals surface area contributed by atoms with Crippen LogP contribution in [0.25, 0.3) is 0 Å². The second kappa shape index (κ2) is 4.62. The van der Waals surface area contributed by atoms with Crippen LogP contribution in [0.3, 0.4) is 0 Å². The average Bonchev–Trinajstić information content (AvgIpc) is 1.99. The molecule has 0 aliphatic rings. The Kier molecular flexibility index (Phi) is 4.14. The lowest BCUT2D eigenvalue weighted by molar-refractivity contribution is -0.122. The first-order valence-electron chi connectivity index (χ1n) is 3.23. The Bertz CT molecular complexity index is 187. The molecule has 0 heterocycles. The predicted octanol–water partition coefficient (Wildman–Crippen LogP) is -0.793. The Hall–Kier alpha value is -1.16. The van der Waals surface area contributed by atoms with Gasteiger partial charge < -0.3 is 11.1 Å². The maximum atomic E-state index is 10.8. The van der Waals surface area contributed by atoms with Crippen LogP contribution in [-0.2, 0) is 9.59 Å². The third-order valence-corrected chi connectivity index (χ3v) is 1.11. The molecule has 0 aromatic carbocycles. The van der Waals surface area contributed by atoms with Gasteiger partial charge in [-0.3, -0.25) is 9.59 Å². The highest BCUT2D eigenvalue weighted by Crippen LogP contribution is 1.86. The summed E-state index contributed by atoms with van der Waals surface area (Å²) in [5, 5.41) is 2.34. The summed E-state index contributed by atoms with van der Waals surface area (Å²) in [6.45, 7) is 4.92. The fraction of sp³-hybridized carbons (Fsp3) is 0.429. The second-order valence-electron chi connectivity index (χ2n) is 2.18. The number of carbonyl (C=O) groups is 2. The molecule has 0 fully saturated rings. The molecule has 4 nitrogen and oxygen atoms in total. The molecule has 0 atom stereocenters. The smallest absolute Gasteiger partial charge is 0.234 e. The molecule has 0 saturated heterocycles. The summed E-state index contributed by atoms with van der Waals surface area (Å²) in [4.78, 5) is 21.3. The summed E-state index contributed by atoms with van der Waals surface area (Å²) in [6.07, 6.45) is 0. The van der Waals surface area contributed by atoms with Gasteiger partial charge in [0.05, 0.1) is 13.1 Å². The number of hydrogen-bond donors (Lipinski definition) is 2. The normalized spacial score (nSPS) is 8.91. The molecule has 0 bridgehead atoms. The molecule has 4 heteroatoms. The quantitative estimate of drug-likeness (QED) is 0.524. The van der Waals surface area contributed by atoms with Crippen LogP contribution in [0, 0.1) is 0 Å². The van der Waals surface area contributed by atoms with Gasteiger partial charge in [-0.05, 0) is 12.5 Å². The first-order chi connectivity index (χ1) is 5.07. The van der Waals surface area contributed by atoms with E-state index >= 15 is 0 Å². The number of nitrogens with one attached hydrogen (secondary N) is 1. The first kappa shape index (κ1) is 9.84. The molecule has 1 amide bonds. The minimum absolute atomic E-state index is 0.00856. The van der Waals surface area contributed by atoms with E-state index in [1.807, 2.05) is 0 Å². The van der Waals surface area contributed by atoms with Crippen molar-refractivity contribution >= 4 is 11.7 Å². The number of amides is 1. The van der Waals surface area contributed by atoms with Crippen LogP contribution in [0.15, 0.2) is 12.2 Å². The van der Waals surface area contributed by atoms with Crippen molar-refractivity contribution in [1.82, 2.24) is 5.32 Å². The number of ketones is 1. The van der Waals surface area contributed by atoms with Crippen LogP contribution in [0.2, 0.25) is 0 Å². The van der Waals surface area contributed by atoms with E-state index in [2.05, 4.69) is 11.9 Å². The molecule has 3 N–H and O–H groups in total. The van der Waals surface area contributed by atoms with Gasteiger partial charge in [0.1, 0.15) is 0 Å². The number of rotatable bonds is 4. The molecule has 11 heavy (non-hydrogen) atoms. The van der Waals surface area contributed by atoms with Crippen LogP contribution < -0.4 is 11.1 Å². The molecule has 0 rings (SSSR count).